The van der Waals surface area contributed by atoms with Crippen LogP contribution < -0.4 is 20.7 Å². The third-order valence-electron chi connectivity index (χ3n) is 14.8. The van der Waals surface area contributed by atoms with Gasteiger partial charge in [-0.3, -0.25) is 0 Å². The number of hydrogen-bond donors (Lipinski definition) is 0. The zero-order valence-electron chi connectivity index (χ0n) is 38.3. The first-order valence-corrected chi connectivity index (χ1v) is 26.2. The van der Waals surface area contributed by atoms with Gasteiger partial charge in [-0.1, -0.05) is 231 Å². The van der Waals surface area contributed by atoms with Crippen LogP contribution in [0.2, 0.25) is 0 Å². The molecular formula is C66H45N3Si. The quantitative estimate of drug-likeness (QED) is 0.107. The predicted molar refractivity (Wildman–Crippen MR) is 299 cm³/mol. The average Bonchev–Trinajstić information content (AvgIpc) is 4.09. The van der Waals surface area contributed by atoms with Crippen molar-refractivity contribution in [1.29, 1.82) is 0 Å². The Morgan fingerprint density at radius 3 is 1.20 bits per heavy atom. The van der Waals surface area contributed by atoms with Crippen LogP contribution in [0.15, 0.2) is 273 Å². The molecule has 0 aliphatic carbocycles. The Kier molecular flexibility index (Phi) is 9.23. The monoisotopic (exact) mass is 907 g/mol. The Hall–Kier alpha value is -8.96. The summed E-state index contributed by atoms with van der Waals surface area (Å²) in [5.74, 6) is 0. The Labute approximate surface area is 407 Å². The van der Waals surface area contributed by atoms with E-state index in [-0.39, 0.29) is 0 Å². The number of benzene rings is 11. The number of rotatable bonds is 8. The fourth-order valence-electron chi connectivity index (χ4n) is 12.0. The summed E-state index contributed by atoms with van der Waals surface area (Å²) in [5, 5.41) is 12.8. The van der Waals surface area contributed by atoms with E-state index >= 15 is 0 Å². The molecule has 4 heteroatoms. The molecule has 0 saturated heterocycles. The highest BCUT2D eigenvalue weighted by Gasteiger charge is 2.43. The van der Waals surface area contributed by atoms with Crippen molar-refractivity contribution in [1.82, 2.24) is 13.7 Å². The summed E-state index contributed by atoms with van der Waals surface area (Å²) in [6.07, 6.45) is 0. The smallest absolute Gasteiger partial charge is 0.180 e. The van der Waals surface area contributed by atoms with Gasteiger partial charge in [0.05, 0.1) is 50.2 Å². The molecule has 0 aliphatic heterocycles. The van der Waals surface area contributed by atoms with Gasteiger partial charge in [0.2, 0.25) is 0 Å². The molecule has 70 heavy (non-hydrogen) atoms. The molecule has 3 heterocycles. The lowest BCUT2D eigenvalue weighted by Gasteiger charge is -2.35. The number of fused-ring (bicyclic) bond motifs is 9. The van der Waals surface area contributed by atoms with E-state index in [2.05, 4.69) is 287 Å². The third-order valence-corrected chi connectivity index (χ3v) is 19.6. The molecule has 0 atom stereocenters. The van der Waals surface area contributed by atoms with Crippen molar-refractivity contribution in [3.8, 4) is 28.2 Å². The van der Waals surface area contributed by atoms with Gasteiger partial charge in [0.15, 0.2) is 8.07 Å². The average molecular weight is 908 g/mol. The highest BCUT2D eigenvalue weighted by atomic mass is 28.3. The summed E-state index contributed by atoms with van der Waals surface area (Å²) in [4.78, 5) is 0. The molecule has 0 amide bonds. The maximum atomic E-state index is 2.62. The Morgan fingerprint density at radius 1 is 0.243 bits per heavy atom. The minimum Gasteiger partial charge on any atom is -0.307 e. The second-order valence-electron chi connectivity index (χ2n) is 18.3. The second-order valence-corrected chi connectivity index (χ2v) is 22.1. The number of para-hydroxylation sites is 6. The van der Waals surface area contributed by atoms with Crippen LogP contribution in [0.1, 0.15) is 0 Å². The van der Waals surface area contributed by atoms with Gasteiger partial charge in [-0.25, -0.2) is 0 Å². The lowest BCUT2D eigenvalue weighted by molar-refractivity contribution is 1.11. The lowest BCUT2D eigenvalue weighted by atomic mass is 10.0. The first kappa shape index (κ1) is 40.1. The van der Waals surface area contributed by atoms with Gasteiger partial charge in [-0.05, 0) is 68.8 Å². The standard InChI is InChI=1S/C66H45N3Si/c1-5-24-46(25-6-1)50-32-13-17-38-56(50)68-59-41-20-16-35-53(59)54-36-21-44-62(65(54)68)69-60-42-23-45-63(70(47-26-7-2-8-27-47,48-28-9-3-10-29-48)49-30-11-4-12-31-49)64(60)55-37-22-43-61(66(55)69)67-57-39-18-14-33-51(57)52-34-15-19-40-58(52)67/h1-45H. The fraction of sp³-hybridized carbons (Fsp3) is 0. The number of aromatic nitrogens is 3. The molecular weight excluding hydrogens is 863 g/mol. The first-order chi connectivity index (χ1) is 34.8. The Morgan fingerprint density at radius 2 is 0.614 bits per heavy atom. The van der Waals surface area contributed by atoms with Gasteiger partial charge in [-0.15, -0.1) is 0 Å². The van der Waals surface area contributed by atoms with Crippen LogP contribution in [0.3, 0.4) is 0 Å². The van der Waals surface area contributed by atoms with E-state index in [1.807, 2.05) is 0 Å². The maximum absolute atomic E-state index is 3.05. The van der Waals surface area contributed by atoms with Gasteiger partial charge in [0.25, 0.3) is 0 Å². The van der Waals surface area contributed by atoms with Crippen molar-refractivity contribution < 1.29 is 0 Å². The van der Waals surface area contributed by atoms with Gasteiger partial charge in [0, 0.05) is 37.9 Å². The van der Waals surface area contributed by atoms with E-state index in [0.717, 1.165) is 28.1 Å². The summed E-state index contributed by atoms with van der Waals surface area (Å²) in [6.45, 7) is 0. The van der Waals surface area contributed by atoms with Crippen LogP contribution in [-0.2, 0) is 0 Å². The molecule has 3 aromatic heterocycles. The SMILES string of the molecule is c1ccc(-c2ccccc2-n2c3ccccc3c3cccc(-n4c5cccc([Si](c6ccccc6)(c6ccccc6)c6ccccc6)c5c5cccc(-n6c7ccccc7c7ccccc76)c54)c32)cc1. The van der Waals surface area contributed by atoms with E-state index < -0.39 is 8.07 Å². The van der Waals surface area contributed by atoms with Gasteiger partial charge in [-0.2, -0.15) is 0 Å². The van der Waals surface area contributed by atoms with Crippen molar-refractivity contribution in [2.45, 2.75) is 0 Å². The molecule has 0 unspecified atom stereocenters. The van der Waals surface area contributed by atoms with Gasteiger partial charge >= 0.3 is 0 Å². The van der Waals surface area contributed by atoms with Crippen molar-refractivity contribution in [2.75, 3.05) is 0 Å². The topological polar surface area (TPSA) is 14.8 Å². The van der Waals surface area contributed by atoms with Crippen LogP contribution in [-0.4, -0.2) is 21.8 Å². The predicted octanol–water partition coefficient (Wildman–Crippen LogP) is 14.0. The second kappa shape index (κ2) is 16.1. The molecule has 0 bridgehead atoms. The molecule has 328 valence electrons. The zero-order valence-corrected chi connectivity index (χ0v) is 39.3. The summed E-state index contributed by atoms with van der Waals surface area (Å²) in [5.41, 5.74) is 12.8. The number of hydrogen-bond acceptors (Lipinski definition) is 0. The van der Waals surface area contributed by atoms with E-state index in [0.29, 0.717) is 0 Å². The van der Waals surface area contributed by atoms with Crippen molar-refractivity contribution in [3.05, 3.63) is 273 Å². The van der Waals surface area contributed by atoms with Crippen LogP contribution in [0.5, 0.6) is 0 Å². The molecule has 0 aliphatic rings. The summed E-state index contributed by atoms with van der Waals surface area (Å²) >= 11 is 0. The molecule has 0 fully saturated rings. The normalized spacial score (nSPS) is 12.0. The molecule has 14 rings (SSSR count). The fourth-order valence-corrected chi connectivity index (χ4v) is 17.0. The van der Waals surface area contributed by atoms with Crippen molar-refractivity contribution in [2.24, 2.45) is 0 Å². The summed E-state index contributed by atoms with van der Waals surface area (Å²) < 4.78 is 7.67. The van der Waals surface area contributed by atoms with Crippen LogP contribution in [0.25, 0.3) is 93.6 Å². The van der Waals surface area contributed by atoms with Gasteiger partial charge < -0.3 is 13.7 Å². The molecule has 0 radical (unpaired) electrons. The van der Waals surface area contributed by atoms with E-state index in [4.69, 9.17) is 0 Å². The summed E-state index contributed by atoms with van der Waals surface area (Å²) in [6, 6.07) is 102. The minimum atomic E-state index is -3.05. The van der Waals surface area contributed by atoms with Crippen LogP contribution >= 0.6 is 0 Å². The van der Waals surface area contributed by atoms with E-state index in [1.54, 1.807) is 0 Å². The molecule has 0 saturated carbocycles. The van der Waals surface area contributed by atoms with E-state index in [9.17, 15) is 0 Å². The Bertz CT molecular complexity index is 4130. The minimum absolute atomic E-state index is 1.12. The maximum Gasteiger partial charge on any atom is 0.180 e. The largest absolute Gasteiger partial charge is 0.307 e. The molecule has 0 N–H and O–H groups in total. The molecule has 11 aromatic carbocycles. The van der Waals surface area contributed by atoms with Crippen LogP contribution in [0.4, 0.5) is 0 Å². The van der Waals surface area contributed by atoms with Gasteiger partial charge in [0.1, 0.15) is 0 Å². The van der Waals surface area contributed by atoms with Crippen molar-refractivity contribution in [3.63, 3.8) is 0 Å². The summed E-state index contributed by atoms with van der Waals surface area (Å²) in [7, 11) is -3.05. The first-order valence-electron chi connectivity index (χ1n) is 24.2. The third kappa shape index (κ3) is 5.81. The highest BCUT2D eigenvalue weighted by molar-refractivity contribution is 7.20. The lowest BCUT2D eigenvalue weighted by Crippen LogP contribution is -2.74. The molecule has 0 spiro atoms. The van der Waals surface area contributed by atoms with Crippen LogP contribution in [0, 0.1) is 0 Å². The van der Waals surface area contributed by atoms with Crippen molar-refractivity contribution >= 4 is 94.2 Å². The molecule has 3 nitrogen and oxygen atoms in total. The molecule has 14 aromatic rings. The Balaban J connectivity index is 1.21. The zero-order chi connectivity index (χ0) is 46.2. The highest BCUT2D eigenvalue weighted by Crippen LogP contribution is 2.44. The number of nitrogens with zero attached hydrogens (tertiary/aromatic N) is 3. The van der Waals surface area contributed by atoms with E-state index in [1.165, 1.54) is 86.3 Å².